The van der Waals surface area contributed by atoms with E-state index in [1.807, 2.05) is 0 Å². The Morgan fingerprint density at radius 2 is 1.29 bits per heavy atom. The van der Waals surface area contributed by atoms with Gasteiger partial charge in [-0.2, -0.15) is 0 Å². The highest BCUT2D eigenvalue weighted by Crippen LogP contribution is 2.76. The van der Waals surface area contributed by atoms with Gasteiger partial charge in [0, 0.05) is 0 Å². The molecular weight excluding hydrogens is 865 g/mol. The lowest BCUT2D eigenvalue weighted by atomic mass is 9.33. The van der Waals surface area contributed by atoms with Crippen LogP contribution in [0.2, 0.25) is 0 Å². The largest absolute Gasteiger partial charge is 0.481 e. The summed E-state index contributed by atoms with van der Waals surface area (Å²) in [5, 5.41) is 107. The van der Waals surface area contributed by atoms with Crippen molar-refractivity contribution in [1.82, 2.24) is 0 Å². The second-order valence-electron chi connectivity index (χ2n) is 23.5. The van der Waals surface area contributed by atoms with E-state index >= 15 is 0 Å². The van der Waals surface area contributed by atoms with Crippen molar-refractivity contribution in [1.29, 1.82) is 0 Å². The quantitative estimate of drug-likeness (QED) is 0.117. The van der Waals surface area contributed by atoms with Gasteiger partial charge in [0.05, 0.1) is 24.2 Å². The number of allylic oxidation sites excluding steroid dienone is 2. The number of carboxylic acid groups (broad SMARTS) is 2. The number of ether oxygens (including phenoxy) is 6. The number of hydrogen-bond donors (Lipinski definition) is 10. The van der Waals surface area contributed by atoms with Crippen molar-refractivity contribution in [2.45, 2.75) is 218 Å². The monoisotopic (exact) mass is 941 g/mol. The fourth-order valence-corrected chi connectivity index (χ4v) is 15.0. The normalized spacial score (nSPS) is 53.3. The number of aliphatic hydroxyl groups is 8. The standard InChI is InChI=1S/C48H76O18/c1-21-28(50)30(52)34(56)39(61-21)65-36-31(53)29(51)24(20-49)62-40(36)66-37-33(55)32(54)35(38(57)58)64-41(37)63-27-12-13-45(6)25(44(27,4)5)11-14-47(8)26(45)10-9-22-23-19-43(2,3)15-17-48(23,42(59)60)18-16-46(22,47)7/h9,21,23-37,39-41,49-56H,10-20H2,1-8H3,(H,57,58)(H,59,60)/t21-,23?,24+,25?,26+,27-,28-,29+,30+,31-,32-,33-,34+,35-,36+,37+,39-,40-,41+,45-,46+,47+,48-/m0/s1. The molecule has 8 aliphatic rings. The predicted octanol–water partition coefficient (Wildman–Crippen LogP) is 1.83. The van der Waals surface area contributed by atoms with Crippen molar-refractivity contribution in [3.05, 3.63) is 11.6 Å². The Labute approximate surface area is 386 Å². The van der Waals surface area contributed by atoms with E-state index in [-0.39, 0.29) is 39.4 Å². The van der Waals surface area contributed by atoms with Crippen molar-refractivity contribution in [2.24, 2.45) is 50.2 Å². The number of carboxylic acids is 2. The van der Waals surface area contributed by atoms with Crippen LogP contribution in [-0.4, -0.2) is 168 Å². The predicted molar refractivity (Wildman–Crippen MR) is 230 cm³/mol. The number of rotatable bonds is 9. The smallest absolute Gasteiger partial charge is 0.335 e. The number of aliphatic hydroxyl groups excluding tert-OH is 8. The highest BCUT2D eigenvalue weighted by molar-refractivity contribution is 5.76. The van der Waals surface area contributed by atoms with Gasteiger partial charge in [-0.3, -0.25) is 4.79 Å². The maximum Gasteiger partial charge on any atom is 0.335 e. The molecule has 3 heterocycles. The summed E-state index contributed by atoms with van der Waals surface area (Å²) in [5.41, 5.74) is -0.417. The molecule has 23 atom stereocenters. The Morgan fingerprint density at radius 1 is 0.667 bits per heavy atom. The van der Waals surface area contributed by atoms with E-state index < -0.39 is 128 Å². The molecule has 0 spiro atoms. The topological polar surface area (TPSA) is 292 Å². The molecule has 10 N–H and O–H groups in total. The first-order valence-electron chi connectivity index (χ1n) is 24.2. The van der Waals surface area contributed by atoms with Crippen molar-refractivity contribution in [2.75, 3.05) is 6.61 Å². The molecule has 7 fully saturated rings. The molecule has 0 aromatic heterocycles. The summed E-state index contributed by atoms with van der Waals surface area (Å²) in [4.78, 5) is 25.6. The van der Waals surface area contributed by atoms with E-state index in [1.54, 1.807) is 0 Å². The minimum absolute atomic E-state index is 0.0166. The maximum absolute atomic E-state index is 13.2. The van der Waals surface area contributed by atoms with Crippen LogP contribution in [0.3, 0.4) is 0 Å². The van der Waals surface area contributed by atoms with E-state index in [0.717, 1.165) is 44.9 Å². The lowest BCUT2D eigenvalue weighted by Gasteiger charge is -2.71. The number of hydrogen-bond acceptors (Lipinski definition) is 16. The van der Waals surface area contributed by atoms with Crippen LogP contribution >= 0.6 is 0 Å². The van der Waals surface area contributed by atoms with Gasteiger partial charge >= 0.3 is 11.9 Å². The summed E-state index contributed by atoms with van der Waals surface area (Å²) >= 11 is 0. The van der Waals surface area contributed by atoms with Crippen LogP contribution in [-0.2, 0) is 38.0 Å². The van der Waals surface area contributed by atoms with Crippen LogP contribution in [0, 0.1) is 50.2 Å². The van der Waals surface area contributed by atoms with Crippen molar-refractivity contribution in [3.8, 4) is 0 Å². The molecule has 0 aromatic rings. The second kappa shape index (κ2) is 17.5. The molecule has 0 bridgehead atoms. The van der Waals surface area contributed by atoms with Gasteiger partial charge in [-0.05, 0) is 116 Å². The van der Waals surface area contributed by atoms with Crippen LogP contribution in [0.4, 0.5) is 0 Å². The van der Waals surface area contributed by atoms with Crippen molar-refractivity contribution in [3.63, 3.8) is 0 Å². The van der Waals surface area contributed by atoms with Crippen molar-refractivity contribution < 1.29 is 89.1 Å². The molecule has 66 heavy (non-hydrogen) atoms. The van der Waals surface area contributed by atoms with Gasteiger partial charge in [-0.15, -0.1) is 0 Å². The molecule has 8 rings (SSSR count). The van der Waals surface area contributed by atoms with E-state index in [9.17, 15) is 60.7 Å². The molecule has 5 aliphatic carbocycles. The van der Waals surface area contributed by atoms with E-state index in [1.165, 1.54) is 12.5 Å². The first kappa shape index (κ1) is 50.5. The van der Waals surface area contributed by atoms with E-state index in [0.29, 0.717) is 19.3 Å². The Balaban J connectivity index is 1.06. The van der Waals surface area contributed by atoms with Gasteiger partial charge in [0.25, 0.3) is 0 Å². The minimum atomic E-state index is -2.04. The molecule has 18 nitrogen and oxygen atoms in total. The van der Waals surface area contributed by atoms with Gasteiger partial charge < -0.3 is 79.5 Å². The third kappa shape index (κ3) is 7.74. The van der Waals surface area contributed by atoms with Crippen LogP contribution < -0.4 is 0 Å². The van der Waals surface area contributed by atoms with Gasteiger partial charge in [-0.1, -0.05) is 60.1 Å². The maximum atomic E-state index is 13.2. The molecule has 18 heteroatoms. The first-order chi connectivity index (χ1) is 30.7. The fraction of sp³-hybridized carbons (Fsp3) is 0.917. The average Bonchev–Trinajstić information content (AvgIpc) is 3.24. The molecule has 0 radical (unpaired) electrons. The van der Waals surface area contributed by atoms with Crippen LogP contribution in [0.5, 0.6) is 0 Å². The first-order valence-corrected chi connectivity index (χ1v) is 24.2. The summed E-state index contributed by atoms with van der Waals surface area (Å²) in [6.45, 7) is 16.6. The number of fused-ring (bicyclic) bond motifs is 7. The zero-order chi connectivity index (χ0) is 48.4. The summed E-state index contributed by atoms with van der Waals surface area (Å²) in [7, 11) is 0. The zero-order valence-electron chi connectivity index (χ0n) is 39.6. The number of aliphatic carboxylic acids is 2. The fourth-order valence-electron chi connectivity index (χ4n) is 15.0. The van der Waals surface area contributed by atoms with Gasteiger partial charge in [-0.25, -0.2) is 4.79 Å². The van der Waals surface area contributed by atoms with E-state index in [4.69, 9.17) is 28.4 Å². The Morgan fingerprint density at radius 3 is 1.92 bits per heavy atom. The van der Waals surface area contributed by atoms with Crippen molar-refractivity contribution >= 4 is 11.9 Å². The molecular formula is C48H76O18. The Bertz CT molecular complexity index is 1860. The molecule has 3 aliphatic heterocycles. The van der Waals surface area contributed by atoms with Gasteiger partial charge in [0.15, 0.2) is 25.0 Å². The zero-order valence-corrected chi connectivity index (χ0v) is 39.6. The lowest BCUT2D eigenvalue weighted by molar-refractivity contribution is -0.395. The number of carbonyl (C=O) groups is 2. The Kier molecular flexibility index (Phi) is 13.4. The third-order valence-corrected chi connectivity index (χ3v) is 19.3. The van der Waals surface area contributed by atoms with Crippen LogP contribution in [0.25, 0.3) is 0 Å². The highest BCUT2D eigenvalue weighted by Gasteiger charge is 2.70. The SMILES string of the molecule is C[C@@H]1O[C@@H](O[C@H]2[C@H](O[C@H]3[C@H](O[C@H]4CC[C@@]5(C)C(CC[C@]6(C)[C@@H]5CC=C5C7CC(C)(C)CC[C@]7(C(=O)O)CC[C@]56C)C4(C)C)O[C@H](C(=O)O)[C@@H](O)[C@@H]3O)O[C@H](CO)[C@@H](O)[C@@H]2O)[C@H](O)[C@H](O)[C@H]1O. The molecule has 4 saturated carbocycles. The van der Waals surface area contributed by atoms with E-state index in [2.05, 4.69) is 54.5 Å². The van der Waals surface area contributed by atoms with Gasteiger partial charge in [0.1, 0.15) is 61.0 Å². The molecule has 0 aromatic carbocycles. The molecule has 376 valence electrons. The van der Waals surface area contributed by atoms with Crippen LogP contribution in [0.15, 0.2) is 11.6 Å². The van der Waals surface area contributed by atoms with Gasteiger partial charge in [0.2, 0.25) is 0 Å². The second-order valence-corrected chi connectivity index (χ2v) is 23.5. The molecule has 3 saturated heterocycles. The average molecular weight is 941 g/mol. The summed E-state index contributed by atoms with van der Waals surface area (Å²) in [6, 6.07) is 0. The Hall–Kier alpha value is -1.88. The molecule has 2 unspecified atom stereocenters. The summed E-state index contributed by atoms with van der Waals surface area (Å²) in [6.07, 6.45) is -16.3. The highest BCUT2D eigenvalue weighted by atomic mass is 16.8. The minimum Gasteiger partial charge on any atom is -0.481 e. The molecule has 0 amide bonds. The summed E-state index contributed by atoms with van der Waals surface area (Å²) in [5.74, 6) is -1.89. The third-order valence-electron chi connectivity index (χ3n) is 19.3. The van der Waals surface area contributed by atoms with Crippen LogP contribution in [0.1, 0.15) is 120 Å². The summed E-state index contributed by atoms with van der Waals surface area (Å²) < 4.78 is 36.3. The lowest BCUT2D eigenvalue weighted by Crippen LogP contribution is -2.68.